The van der Waals surface area contributed by atoms with E-state index >= 15 is 0 Å². The number of carbonyl (C=O) groups excluding carboxylic acids is 4. The summed E-state index contributed by atoms with van der Waals surface area (Å²) in [5, 5.41) is 10.6. The molecule has 3 N–H and O–H groups in total. The highest BCUT2D eigenvalue weighted by molar-refractivity contribution is 7.47. The zero-order valence-electron chi connectivity index (χ0n) is 62.1. The van der Waals surface area contributed by atoms with E-state index in [0.717, 1.165) is 103 Å². The molecule has 0 aromatic carbocycles. The van der Waals surface area contributed by atoms with Crippen molar-refractivity contribution in [2.45, 2.75) is 418 Å². The van der Waals surface area contributed by atoms with Crippen LogP contribution in [0, 0.1) is 0 Å². The van der Waals surface area contributed by atoms with E-state index in [2.05, 4.69) is 39.8 Å². The normalized spacial score (nSPS) is 13.9. The molecule has 0 saturated heterocycles. The molecule has 5 atom stereocenters. The molecule has 0 radical (unpaired) electrons. The third-order valence-electron chi connectivity index (χ3n) is 17.8. The monoisotopic (exact) mass is 1410 g/mol. The minimum absolute atomic E-state index is 0.0951. The number of phosphoric ester groups is 2. The first-order chi connectivity index (χ1) is 46.7. The number of hydrogen-bond acceptors (Lipinski definition) is 15. The van der Waals surface area contributed by atoms with Gasteiger partial charge >= 0.3 is 39.5 Å². The molecule has 0 aliphatic heterocycles. The quantitative estimate of drug-likeness (QED) is 0.0169. The molecule has 19 heteroatoms. The lowest BCUT2D eigenvalue weighted by Gasteiger charge is -2.21. The van der Waals surface area contributed by atoms with Crippen LogP contribution in [-0.4, -0.2) is 96.7 Å². The number of aliphatic hydroxyl groups excluding tert-OH is 1. The molecule has 0 heterocycles. The van der Waals surface area contributed by atoms with Gasteiger partial charge in [-0.25, -0.2) is 9.13 Å². The van der Waals surface area contributed by atoms with Gasteiger partial charge in [0.2, 0.25) is 0 Å². The van der Waals surface area contributed by atoms with Crippen molar-refractivity contribution in [1.82, 2.24) is 0 Å². The number of carbonyl (C=O) groups is 4. The van der Waals surface area contributed by atoms with E-state index in [1.807, 2.05) is 0 Å². The van der Waals surface area contributed by atoms with Gasteiger partial charge in [-0.15, -0.1) is 0 Å². The van der Waals surface area contributed by atoms with Crippen molar-refractivity contribution in [1.29, 1.82) is 0 Å². The van der Waals surface area contributed by atoms with Crippen molar-refractivity contribution in [3.63, 3.8) is 0 Å². The number of rotatable bonds is 77. The van der Waals surface area contributed by atoms with Crippen molar-refractivity contribution in [3.8, 4) is 0 Å². The van der Waals surface area contributed by atoms with E-state index < -0.39 is 97.5 Å². The van der Waals surface area contributed by atoms with Crippen molar-refractivity contribution < 1.29 is 80.2 Å². The summed E-state index contributed by atoms with van der Waals surface area (Å²) in [4.78, 5) is 72.9. The van der Waals surface area contributed by atoms with Crippen LogP contribution < -0.4 is 0 Å². The van der Waals surface area contributed by atoms with Gasteiger partial charge in [-0.1, -0.05) is 335 Å². The van der Waals surface area contributed by atoms with Gasteiger partial charge in [0.15, 0.2) is 12.2 Å². The maximum atomic E-state index is 13.1. The van der Waals surface area contributed by atoms with Crippen LogP contribution in [0.1, 0.15) is 400 Å². The maximum Gasteiger partial charge on any atom is 0.472 e. The molecule has 0 spiro atoms. The fourth-order valence-corrected chi connectivity index (χ4v) is 13.2. The SMILES string of the molecule is CCCCCCCC/C=C\CCCCCCCC(=O)O[C@H](COC(=O)CCCCCCCCCCCCCCC)COP(=O)(O)OC[C@@H](O)COP(=O)(O)OC[C@@H](COC(=O)CCCCCCCCCCCCCCC)OC(=O)CCCCCCCCCCCCCCCCC. The van der Waals surface area contributed by atoms with Gasteiger partial charge in [-0.05, 0) is 51.4 Å². The number of ether oxygens (including phenoxy) is 4. The van der Waals surface area contributed by atoms with Crippen molar-refractivity contribution in [2.24, 2.45) is 0 Å². The Morgan fingerprint density at radius 3 is 0.719 bits per heavy atom. The lowest BCUT2D eigenvalue weighted by molar-refractivity contribution is -0.161. The highest BCUT2D eigenvalue weighted by Gasteiger charge is 2.30. The Morgan fingerprint density at radius 2 is 0.479 bits per heavy atom. The van der Waals surface area contributed by atoms with Crippen molar-refractivity contribution >= 4 is 39.5 Å². The molecule has 0 saturated carbocycles. The van der Waals surface area contributed by atoms with Gasteiger partial charge < -0.3 is 33.8 Å². The summed E-state index contributed by atoms with van der Waals surface area (Å²) in [7, 11) is -9.92. The molecule has 0 fully saturated rings. The van der Waals surface area contributed by atoms with E-state index in [4.69, 9.17) is 37.0 Å². The first-order valence-corrected chi connectivity index (χ1v) is 42.9. The Labute approximate surface area is 587 Å². The zero-order valence-corrected chi connectivity index (χ0v) is 63.9. The minimum Gasteiger partial charge on any atom is -0.462 e. The molecule has 0 aliphatic carbocycles. The summed E-state index contributed by atoms with van der Waals surface area (Å²) >= 11 is 0. The van der Waals surface area contributed by atoms with Crippen LogP contribution in [0.3, 0.4) is 0 Å². The fourth-order valence-electron chi connectivity index (χ4n) is 11.6. The van der Waals surface area contributed by atoms with E-state index in [-0.39, 0.29) is 25.7 Å². The zero-order chi connectivity index (χ0) is 70.4. The number of phosphoric acid groups is 2. The largest absolute Gasteiger partial charge is 0.472 e. The van der Waals surface area contributed by atoms with Crippen molar-refractivity contribution in [2.75, 3.05) is 39.6 Å². The highest BCUT2D eigenvalue weighted by Crippen LogP contribution is 2.45. The van der Waals surface area contributed by atoms with E-state index in [1.54, 1.807) is 0 Å². The molecule has 17 nitrogen and oxygen atoms in total. The van der Waals surface area contributed by atoms with Crippen LogP contribution in [0.2, 0.25) is 0 Å². The summed E-state index contributed by atoms with van der Waals surface area (Å²) in [6.45, 7) is 4.98. The van der Waals surface area contributed by atoms with E-state index in [1.165, 1.54) is 218 Å². The molecule has 0 aromatic rings. The number of esters is 4. The molecule has 0 bridgehead atoms. The number of allylic oxidation sites excluding steroid dienone is 2. The second-order valence-electron chi connectivity index (χ2n) is 27.4. The van der Waals surface area contributed by atoms with Gasteiger partial charge in [-0.2, -0.15) is 0 Å². The molecule has 2 unspecified atom stereocenters. The van der Waals surface area contributed by atoms with Gasteiger partial charge in [0, 0.05) is 25.7 Å². The summed E-state index contributed by atoms with van der Waals surface area (Å²) in [6.07, 6.45) is 63.3. The van der Waals surface area contributed by atoms with E-state index in [0.29, 0.717) is 25.7 Å². The Kier molecular flexibility index (Phi) is 69.6. The predicted octanol–water partition coefficient (Wildman–Crippen LogP) is 22.8. The molecule has 568 valence electrons. The van der Waals surface area contributed by atoms with Crippen LogP contribution in [0.5, 0.6) is 0 Å². The van der Waals surface area contributed by atoms with Gasteiger partial charge in [0.1, 0.15) is 19.3 Å². The second-order valence-corrected chi connectivity index (χ2v) is 30.3. The van der Waals surface area contributed by atoms with Gasteiger partial charge in [0.05, 0.1) is 26.4 Å². The Balaban J connectivity index is 5.28. The first-order valence-electron chi connectivity index (χ1n) is 39.9. The average molecular weight is 1410 g/mol. The summed E-state index contributed by atoms with van der Waals surface area (Å²) < 4.78 is 68.6. The summed E-state index contributed by atoms with van der Waals surface area (Å²) in [6, 6.07) is 0. The second kappa shape index (κ2) is 71.2. The highest BCUT2D eigenvalue weighted by atomic mass is 31.2. The van der Waals surface area contributed by atoms with Crippen LogP contribution >= 0.6 is 15.6 Å². The van der Waals surface area contributed by atoms with E-state index in [9.17, 15) is 43.2 Å². The minimum atomic E-state index is -4.96. The molecule has 0 amide bonds. The predicted molar refractivity (Wildman–Crippen MR) is 391 cm³/mol. The number of aliphatic hydroxyl groups is 1. The standard InChI is InChI=1S/C77H148O17P2/c1-5-9-13-17-21-25-29-33-35-39-43-47-51-55-59-63-76(81)93-72(67-87-74(79)61-57-53-49-45-41-37-31-27-23-19-15-11-7-3)69-91-95(83,84)89-65-71(78)66-90-96(85,86)92-70-73(68-88-75(80)62-58-54-50-46-42-38-32-28-24-20-16-12-8-4)94-77(82)64-60-56-52-48-44-40-36-34-30-26-22-18-14-10-6-2/h33,35,71-73,78H,5-32,34,36-70H2,1-4H3,(H,83,84)(H,85,86)/b35-33-/t71-,72-,73-/m1/s1. The molecular formula is C77H148O17P2. The lowest BCUT2D eigenvalue weighted by atomic mass is 10.0. The van der Waals surface area contributed by atoms with Gasteiger partial charge in [0.25, 0.3) is 0 Å². The average Bonchev–Trinajstić information content (AvgIpc) is 1.19. The first kappa shape index (κ1) is 93.8. The van der Waals surface area contributed by atoms with Crippen molar-refractivity contribution in [3.05, 3.63) is 12.2 Å². The Morgan fingerprint density at radius 1 is 0.281 bits per heavy atom. The number of unbranched alkanes of at least 4 members (excludes halogenated alkanes) is 49. The lowest BCUT2D eigenvalue weighted by Crippen LogP contribution is -2.30. The third-order valence-corrected chi connectivity index (χ3v) is 19.7. The molecule has 0 aliphatic rings. The molecule has 96 heavy (non-hydrogen) atoms. The maximum absolute atomic E-state index is 13.1. The third kappa shape index (κ3) is 70.2. The van der Waals surface area contributed by atoms with Crippen LogP contribution in [-0.2, 0) is 65.4 Å². The summed E-state index contributed by atoms with van der Waals surface area (Å²) in [5.74, 6) is -2.12. The molecule has 0 aromatic heterocycles. The Bertz CT molecular complexity index is 1870. The molecular weight excluding hydrogens is 1260 g/mol. The molecule has 0 rings (SSSR count). The van der Waals surface area contributed by atoms with Gasteiger partial charge in [-0.3, -0.25) is 37.3 Å². The van der Waals surface area contributed by atoms with Crippen LogP contribution in [0.4, 0.5) is 0 Å². The van der Waals surface area contributed by atoms with Crippen LogP contribution in [0.15, 0.2) is 12.2 Å². The fraction of sp³-hybridized carbons (Fsp3) is 0.922. The van der Waals surface area contributed by atoms with Crippen LogP contribution in [0.25, 0.3) is 0 Å². The Hall–Kier alpha value is -2.20. The summed E-state index contributed by atoms with van der Waals surface area (Å²) in [5.41, 5.74) is 0. The topological polar surface area (TPSA) is 237 Å². The number of hydrogen-bond donors (Lipinski definition) is 3. The smallest absolute Gasteiger partial charge is 0.462 e.